The van der Waals surface area contributed by atoms with Crippen molar-refractivity contribution in [2.24, 2.45) is 0 Å². The molecule has 2 rings (SSSR count). The zero-order valence-electron chi connectivity index (χ0n) is 11.4. The van der Waals surface area contributed by atoms with Gasteiger partial charge in [-0.05, 0) is 30.3 Å². The van der Waals surface area contributed by atoms with Crippen LogP contribution in [0, 0.1) is 0 Å². The van der Waals surface area contributed by atoms with Crippen LogP contribution in [0.2, 0.25) is 5.02 Å². The predicted molar refractivity (Wildman–Crippen MR) is 82.1 cm³/mol. The van der Waals surface area contributed by atoms with Crippen molar-refractivity contribution >= 4 is 23.3 Å². The number of para-hydroxylation sites is 1. The number of carbonyl (C=O) groups excluding carboxylic acids is 1. The van der Waals surface area contributed by atoms with Crippen molar-refractivity contribution < 1.29 is 14.3 Å². The Labute approximate surface area is 127 Å². The second kappa shape index (κ2) is 7.40. The van der Waals surface area contributed by atoms with E-state index in [0.717, 1.165) is 0 Å². The lowest BCUT2D eigenvalue weighted by Crippen LogP contribution is -2.31. The largest absolute Gasteiger partial charge is 0.495 e. The number of amides is 2. The number of nitrogens with one attached hydrogen (secondary N) is 2. The van der Waals surface area contributed by atoms with E-state index in [1.807, 2.05) is 30.3 Å². The quantitative estimate of drug-likeness (QED) is 0.831. The molecule has 0 aliphatic carbocycles. The van der Waals surface area contributed by atoms with Crippen molar-refractivity contribution in [3.8, 4) is 11.5 Å². The maximum absolute atomic E-state index is 11.7. The lowest BCUT2D eigenvalue weighted by Gasteiger charge is -2.10. The summed E-state index contributed by atoms with van der Waals surface area (Å²) in [6.45, 7) is 0.0692. The Hall–Kier alpha value is -2.40. The average Bonchev–Trinajstić information content (AvgIpc) is 2.48. The fourth-order valence-corrected chi connectivity index (χ4v) is 1.88. The number of carbonyl (C=O) groups is 1. The molecule has 0 aliphatic heterocycles. The van der Waals surface area contributed by atoms with E-state index >= 15 is 0 Å². The third-order valence-electron chi connectivity index (χ3n) is 2.62. The van der Waals surface area contributed by atoms with Gasteiger partial charge in [0.15, 0.2) is 6.73 Å². The lowest BCUT2D eigenvalue weighted by molar-refractivity contribution is 0.234. The van der Waals surface area contributed by atoms with E-state index in [9.17, 15) is 4.79 Å². The highest BCUT2D eigenvalue weighted by Crippen LogP contribution is 2.27. The third-order valence-corrected chi connectivity index (χ3v) is 2.92. The molecule has 6 heteroatoms. The molecular formula is C15H15ClN2O3. The summed E-state index contributed by atoms with van der Waals surface area (Å²) >= 11 is 5.98. The van der Waals surface area contributed by atoms with Gasteiger partial charge in [0.05, 0.1) is 12.1 Å². The predicted octanol–water partition coefficient (Wildman–Crippen LogP) is 3.51. The first-order valence-corrected chi connectivity index (χ1v) is 6.63. The van der Waals surface area contributed by atoms with E-state index < -0.39 is 0 Å². The summed E-state index contributed by atoms with van der Waals surface area (Å²) < 4.78 is 10.4. The minimum Gasteiger partial charge on any atom is -0.495 e. The Bertz CT molecular complexity index is 605. The Balaban J connectivity index is 1.80. The Morgan fingerprint density at radius 3 is 2.62 bits per heavy atom. The van der Waals surface area contributed by atoms with Gasteiger partial charge in [0.1, 0.15) is 11.5 Å². The highest BCUT2D eigenvalue weighted by Gasteiger charge is 2.05. The monoisotopic (exact) mass is 306 g/mol. The number of methoxy groups -OCH3 is 1. The number of halogens is 1. The van der Waals surface area contributed by atoms with Crippen molar-refractivity contribution in [2.75, 3.05) is 19.2 Å². The van der Waals surface area contributed by atoms with Gasteiger partial charge in [0.25, 0.3) is 0 Å². The fraction of sp³-hybridized carbons (Fsp3) is 0.133. The summed E-state index contributed by atoms with van der Waals surface area (Å²) in [5, 5.41) is 5.66. The molecule has 0 aliphatic rings. The van der Waals surface area contributed by atoms with Crippen LogP contribution in [-0.4, -0.2) is 19.9 Å². The minimum absolute atomic E-state index is 0.0692. The van der Waals surface area contributed by atoms with Crippen molar-refractivity contribution in [1.82, 2.24) is 5.32 Å². The van der Waals surface area contributed by atoms with Crippen molar-refractivity contribution in [3.05, 3.63) is 53.6 Å². The summed E-state index contributed by atoms with van der Waals surface area (Å²) in [4.78, 5) is 11.7. The molecule has 0 saturated heterocycles. The summed E-state index contributed by atoms with van der Waals surface area (Å²) in [7, 11) is 1.53. The van der Waals surface area contributed by atoms with Crippen LogP contribution in [0.1, 0.15) is 0 Å². The minimum atomic E-state index is -0.382. The van der Waals surface area contributed by atoms with E-state index in [-0.39, 0.29) is 12.8 Å². The first-order valence-electron chi connectivity index (χ1n) is 6.25. The molecule has 5 nitrogen and oxygen atoms in total. The molecule has 0 heterocycles. The molecule has 0 bridgehead atoms. The van der Waals surface area contributed by atoms with Crippen LogP contribution in [0.3, 0.4) is 0 Å². The second-order valence-electron chi connectivity index (χ2n) is 4.08. The van der Waals surface area contributed by atoms with Crippen LogP contribution in [0.15, 0.2) is 48.5 Å². The summed E-state index contributed by atoms with van der Waals surface area (Å²) in [6.07, 6.45) is 0. The molecular weight excluding hydrogens is 292 g/mol. The molecule has 0 unspecified atom stereocenters. The number of rotatable bonds is 5. The Morgan fingerprint density at radius 2 is 1.95 bits per heavy atom. The van der Waals surface area contributed by atoms with Gasteiger partial charge in [-0.3, -0.25) is 0 Å². The smallest absolute Gasteiger partial charge is 0.321 e. The van der Waals surface area contributed by atoms with Gasteiger partial charge in [0.2, 0.25) is 0 Å². The standard InChI is InChI=1S/C15H15ClN2O3/c1-20-14-8-7-11(9-13(14)16)18-15(19)17-10-21-12-5-3-2-4-6-12/h2-9H,10H2,1H3,(H2,17,18,19). The molecule has 2 N–H and O–H groups in total. The van der Waals surface area contributed by atoms with Gasteiger partial charge in [-0.25, -0.2) is 4.79 Å². The number of hydrogen-bond donors (Lipinski definition) is 2. The molecule has 2 aromatic carbocycles. The molecule has 21 heavy (non-hydrogen) atoms. The zero-order chi connectivity index (χ0) is 15.1. The van der Waals surface area contributed by atoms with Gasteiger partial charge < -0.3 is 20.1 Å². The van der Waals surface area contributed by atoms with Gasteiger partial charge in [-0.2, -0.15) is 0 Å². The third kappa shape index (κ3) is 4.57. The van der Waals surface area contributed by atoms with Crippen LogP contribution in [-0.2, 0) is 0 Å². The molecule has 0 radical (unpaired) electrons. The number of benzene rings is 2. The molecule has 0 atom stereocenters. The summed E-state index contributed by atoms with van der Waals surface area (Å²) in [6, 6.07) is 13.8. The van der Waals surface area contributed by atoms with Crippen LogP contribution < -0.4 is 20.1 Å². The van der Waals surface area contributed by atoms with E-state index in [2.05, 4.69) is 10.6 Å². The fourth-order valence-electron chi connectivity index (χ4n) is 1.62. The highest BCUT2D eigenvalue weighted by atomic mass is 35.5. The molecule has 0 saturated carbocycles. The number of urea groups is 1. The summed E-state index contributed by atoms with van der Waals surface area (Å²) in [5.74, 6) is 1.24. The number of anilines is 1. The first kappa shape index (κ1) is 15.0. The molecule has 0 aromatic heterocycles. The molecule has 0 fully saturated rings. The van der Waals surface area contributed by atoms with Crippen LogP contribution in [0.5, 0.6) is 11.5 Å². The number of hydrogen-bond acceptors (Lipinski definition) is 3. The van der Waals surface area contributed by atoms with Crippen molar-refractivity contribution in [2.45, 2.75) is 0 Å². The van der Waals surface area contributed by atoms with Crippen molar-refractivity contribution in [3.63, 3.8) is 0 Å². The normalized spacial score (nSPS) is 9.81. The van der Waals surface area contributed by atoms with Gasteiger partial charge in [-0.1, -0.05) is 29.8 Å². The average molecular weight is 307 g/mol. The van der Waals surface area contributed by atoms with E-state index in [1.165, 1.54) is 7.11 Å². The second-order valence-corrected chi connectivity index (χ2v) is 4.49. The van der Waals surface area contributed by atoms with E-state index in [4.69, 9.17) is 21.1 Å². The maximum atomic E-state index is 11.7. The van der Waals surface area contributed by atoms with Crippen LogP contribution in [0.25, 0.3) is 0 Å². The zero-order valence-corrected chi connectivity index (χ0v) is 12.2. The molecule has 2 amide bonds. The van der Waals surface area contributed by atoms with Gasteiger partial charge in [-0.15, -0.1) is 0 Å². The molecule has 110 valence electrons. The van der Waals surface area contributed by atoms with Gasteiger partial charge in [0, 0.05) is 5.69 Å². The maximum Gasteiger partial charge on any atom is 0.321 e. The Morgan fingerprint density at radius 1 is 1.19 bits per heavy atom. The topological polar surface area (TPSA) is 59.6 Å². The lowest BCUT2D eigenvalue weighted by atomic mass is 10.3. The van der Waals surface area contributed by atoms with E-state index in [1.54, 1.807) is 18.2 Å². The molecule has 0 spiro atoms. The van der Waals surface area contributed by atoms with E-state index in [0.29, 0.717) is 22.2 Å². The Kier molecular flexibility index (Phi) is 5.29. The first-order chi connectivity index (χ1) is 10.2. The molecule has 2 aromatic rings. The SMILES string of the molecule is COc1ccc(NC(=O)NCOc2ccccc2)cc1Cl. The summed E-state index contributed by atoms with van der Waals surface area (Å²) in [5.41, 5.74) is 0.568. The van der Waals surface area contributed by atoms with Gasteiger partial charge >= 0.3 is 6.03 Å². The number of ether oxygens (including phenoxy) is 2. The van der Waals surface area contributed by atoms with Crippen molar-refractivity contribution in [1.29, 1.82) is 0 Å². The van der Waals surface area contributed by atoms with Crippen LogP contribution >= 0.6 is 11.6 Å². The van der Waals surface area contributed by atoms with Crippen LogP contribution in [0.4, 0.5) is 10.5 Å². The highest BCUT2D eigenvalue weighted by molar-refractivity contribution is 6.32.